The van der Waals surface area contributed by atoms with Crippen molar-refractivity contribution >= 4 is 23.4 Å². The molecule has 0 fully saturated rings. The first-order chi connectivity index (χ1) is 13.3. The van der Waals surface area contributed by atoms with Crippen LogP contribution in [0.1, 0.15) is 28.4 Å². The van der Waals surface area contributed by atoms with E-state index in [1.165, 1.54) is 41.0 Å². The van der Waals surface area contributed by atoms with Crippen molar-refractivity contribution in [2.75, 3.05) is 19.4 Å². The molecule has 1 aliphatic heterocycles. The number of rotatable bonds is 3. The summed E-state index contributed by atoms with van der Waals surface area (Å²) in [6.07, 6.45) is 0.375. The maximum Gasteiger partial charge on any atom is 0.254 e. The Morgan fingerprint density at radius 1 is 1.07 bits per heavy atom. The third-order valence-electron chi connectivity index (χ3n) is 4.73. The first-order valence-electron chi connectivity index (χ1n) is 8.93. The summed E-state index contributed by atoms with van der Waals surface area (Å²) in [6.45, 7) is 1.65. The van der Waals surface area contributed by atoms with Gasteiger partial charge >= 0.3 is 0 Å². The number of fused-ring (bicyclic) bond motifs is 1. The first kappa shape index (κ1) is 19.5. The molecule has 1 N–H and O–H groups in total. The molecular formula is C21H22FN3O3. The van der Waals surface area contributed by atoms with Gasteiger partial charge in [0.25, 0.3) is 5.91 Å². The fourth-order valence-corrected chi connectivity index (χ4v) is 3.36. The van der Waals surface area contributed by atoms with E-state index in [-0.39, 0.29) is 24.3 Å². The molecule has 0 saturated carbocycles. The summed E-state index contributed by atoms with van der Waals surface area (Å²) in [7, 11) is 3.30. The van der Waals surface area contributed by atoms with Crippen LogP contribution in [0.2, 0.25) is 0 Å². The molecule has 1 aliphatic rings. The molecule has 1 heterocycles. The second-order valence-corrected chi connectivity index (χ2v) is 7.06. The minimum Gasteiger partial charge on any atom is -0.347 e. The van der Waals surface area contributed by atoms with Crippen molar-refractivity contribution in [1.29, 1.82) is 0 Å². The highest BCUT2D eigenvalue weighted by molar-refractivity contribution is 5.98. The van der Waals surface area contributed by atoms with Crippen molar-refractivity contribution in [2.45, 2.75) is 25.9 Å². The Labute approximate surface area is 162 Å². The Morgan fingerprint density at radius 3 is 2.36 bits per heavy atom. The molecule has 0 bridgehead atoms. The van der Waals surface area contributed by atoms with E-state index in [2.05, 4.69) is 5.32 Å². The zero-order valence-corrected chi connectivity index (χ0v) is 16.0. The predicted molar refractivity (Wildman–Crippen MR) is 103 cm³/mol. The molecule has 0 aliphatic carbocycles. The molecule has 0 unspecified atom stereocenters. The van der Waals surface area contributed by atoms with Crippen LogP contribution in [0.15, 0.2) is 42.5 Å². The van der Waals surface area contributed by atoms with Crippen LogP contribution in [-0.2, 0) is 22.6 Å². The molecule has 0 radical (unpaired) electrons. The minimum atomic E-state index is -0.647. The van der Waals surface area contributed by atoms with Gasteiger partial charge in [-0.05, 0) is 47.5 Å². The highest BCUT2D eigenvalue weighted by Crippen LogP contribution is 2.28. The highest BCUT2D eigenvalue weighted by Gasteiger charge is 2.36. The van der Waals surface area contributed by atoms with Gasteiger partial charge in [-0.2, -0.15) is 0 Å². The van der Waals surface area contributed by atoms with Gasteiger partial charge in [0.05, 0.1) is 0 Å². The van der Waals surface area contributed by atoms with Crippen LogP contribution in [-0.4, -0.2) is 47.7 Å². The number of halogens is 1. The second-order valence-electron chi connectivity index (χ2n) is 7.06. The molecule has 7 heteroatoms. The van der Waals surface area contributed by atoms with Gasteiger partial charge in [-0.15, -0.1) is 0 Å². The van der Waals surface area contributed by atoms with E-state index in [4.69, 9.17) is 0 Å². The van der Waals surface area contributed by atoms with E-state index in [1.807, 2.05) is 12.1 Å². The van der Waals surface area contributed by atoms with Gasteiger partial charge in [-0.3, -0.25) is 14.4 Å². The standard InChI is InChI=1S/C21H22FN3O3/c1-13(26)23-18-9-6-15-11-19(21(28)24(2)3)25(12-16(15)10-18)20(27)14-4-7-17(22)8-5-14/h4-10,19H,11-12H2,1-3H3,(H,23,26)/t19-/m0/s1. The van der Waals surface area contributed by atoms with E-state index >= 15 is 0 Å². The Balaban J connectivity index is 1.97. The normalized spacial score (nSPS) is 15.6. The molecule has 1 atom stereocenters. The van der Waals surface area contributed by atoms with Crippen molar-refractivity contribution in [3.8, 4) is 0 Å². The molecule has 0 aromatic heterocycles. The van der Waals surface area contributed by atoms with Crippen LogP contribution in [0, 0.1) is 5.82 Å². The molecule has 0 saturated heterocycles. The summed E-state index contributed by atoms with van der Waals surface area (Å²) >= 11 is 0. The smallest absolute Gasteiger partial charge is 0.254 e. The van der Waals surface area contributed by atoms with Crippen LogP contribution < -0.4 is 5.32 Å². The van der Waals surface area contributed by atoms with Gasteiger partial charge in [0.15, 0.2) is 0 Å². The molecule has 6 nitrogen and oxygen atoms in total. The number of hydrogen-bond donors (Lipinski definition) is 1. The molecule has 0 spiro atoms. The highest BCUT2D eigenvalue weighted by atomic mass is 19.1. The van der Waals surface area contributed by atoms with Gasteiger partial charge in [0, 0.05) is 45.2 Å². The van der Waals surface area contributed by atoms with Crippen molar-refractivity contribution < 1.29 is 18.8 Å². The van der Waals surface area contributed by atoms with Crippen LogP contribution in [0.3, 0.4) is 0 Å². The summed E-state index contributed by atoms with van der Waals surface area (Å²) in [5, 5.41) is 2.73. The number of hydrogen-bond acceptors (Lipinski definition) is 3. The molecule has 28 heavy (non-hydrogen) atoms. The SMILES string of the molecule is CC(=O)Nc1ccc2c(c1)CN(C(=O)c1ccc(F)cc1)[C@H](C(=O)N(C)C)C2. The number of benzene rings is 2. The minimum absolute atomic E-state index is 0.174. The molecule has 146 valence electrons. The average molecular weight is 383 g/mol. The van der Waals surface area contributed by atoms with Crippen molar-refractivity contribution in [2.24, 2.45) is 0 Å². The van der Waals surface area contributed by atoms with Crippen molar-refractivity contribution in [3.63, 3.8) is 0 Å². The largest absolute Gasteiger partial charge is 0.347 e. The summed E-state index contributed by atoms with van der Waals surface area (Å²) < 4.78 is 13.2. The lowest BCUT2D eigenvalue weighted by Gasteiger charge is -2.37. The number of nitrogens with zero attached hydrogens (tertiary/aromatic N) is 2. The number of nitrogens with one attached hydrogen (secondary N) is 1. The summed E-state index contributed by atoms with van der Waals surface area (Å²) in [5.74, 6) is -1.13. The van der Waals surface area contributed by atoms with Gasteiger partial charge in [0.2, 0.25) is 11.8 Å². The molecule has 3 rings (SSSR count). The van der Waals surface area contributed by atoms with E-state index in [0.717, 1.165) is 11.1 Å². The Bertz CT molecular complexity index is 925. The van der Waals surface area contributed by atoms with Crippen LogP contribution >= 0.6 is 0 Å². The maximum atomic E-state index is 13.2. The lowest BCUT2D eigenvalue weighted by molar-refractivity contribution is -0.134. The number of amides is 3. The Kier molecular flexibility index (Phi) is 5.44. The van der Waals surface area contributed by atoms with Crippen LogP contribution in [0.4, 0.5) is 10.1 Å². The number of carbonyl (C=O) groups is 3. The monoisotopic (exact) mass is 383 g/mol. The third kappa shape index (κ3) is 4.03. The quantitative estimate of drug-likeness (QED) is 0.885. The van der Waals surface area contributed by atoms with Crippen LogP contribution in [0.5, 0.6) is 0 Å². The third-order valence-corrected chi connectivity index (χ3v) is 4.73. The van der Waals surface area contributed by atoms with E-state index in [0.29, 0.717) is 17.7 Å². The second kappa shape index (κ2) is 7.80. The topological polar surface area (TPSA) is 69.7 Å². The van der Waals surface area contributed by atoms with E-state index in [1.54, 1.807) is 20.2 Å². The van der Waals surface area contributed by atoms with Crippen molar-refractivity contribution in [3.05, 3.63) is 65.0 Å². The summed E-state index contributed by atoms with van der Waals surface area (Å²) in [6, 6.07) is 10.1. The number of anilines is 1. The zero-order valence-electron chi connectivity index (χ0n) is 16.0. The Hall–Kier alpha value is -3.22. The summed E-state index contributed by atoms with van der Waals surface area (Å²) in [4.78, 5) is 40.1. The van der Waals surface area contributed by atoms with Gasteiger partial charge in [0.1, 0.15) is 11.9 Å². The molecule has 2 aromatic carbocycles. The van der Waals surface area contributed by atoms with E-state index < -0.39 is 11.9 Å². The van der Waals surface area contributed by atoms with Gasteiger partial charge in [-0.25, -0.2) is 4.39 Å². The van der Waals surface area contributed by atoms with Crippen LogP contribution in [0.25, 0.3) is 0 Å². The fraction of sp³-hybridized carbons (Fsp3) is 0.286. The van der Waals surface area contributed by atoms with Crippen molar-refractivity contribution in [1.82, 2.24) is 9.80 Å². The maximum absolute atomic E-state index is 13.2. The average Bonchev–Trinajstić information content (AvgIpc) is 2.65. The van der Waals surface area contributed by atoms with Gasteiger partial charge in [-0.1, -0.05) is 6.07 Å². The number of carbonyl (C=O) groups excluding carboxylic acids is 3. The molecule has 3 amide bonds. The molecular weight excluding hydrogens is 361 g/mol. The predicted octanol–water partition coefficient (Wildman–Crippen LogP) is 2.44. The number of likely N-dealkylation sites (N-methyl/N-ethyl adjacent to an activating group) is 1. The first-order valence-corrected chi connectivity index (χ1v) is 8.93. The lowest BCUT2D eigenvalue weighted by Crippen LogP contribution is -2.52. The zero-order chi connectivity index (χ0) is 20.4. The fourth-order valence-electron chi connectivity index (χ4n) is 3.36. The Morgan fingerprint density at radius 2 is 1.75 bits per heavy atom. The lowest BCUT2D eigenvalue weighted by atomic mass is 9.92. The van der Waals surface area contributed by atoms with E-state index in [9.17, 15) is 18.8 Å². The molecule has 2 aromatic rings. The summed E-state index contributed by atoms with van der Waals surface area (Å²) in [5.41, 5.74) is 2.78. The van der Waals surface area contributed by atoms with Gasteiger partial charge < -0.3 is 15.1 Å².